The number of hydrogen-bond acceptors (Lipinski definition) is 3. The molecule has 0 aliphatic rings. The Morgan fingerprint density at radius 1 is 1.60 bits per heavy atom. The van der Waals surface area contributed by atoms with Gasteiger partial charge in [-0.05, 0) is 30.7 Å². The van der Waals surface area contributed by atoms with Crippen molar-refractivity contribution < 1.29 is 9.53 Å². The van der Waals surface area contributed by atoms with Crippen LogP contribution in [0.15, 0.2) is 24.3 Å². The predicted molar refractivity (Wildman–Crippen MR) is 61.5 cm³/mol. The SMILES string of the molecule is CCOC(=O)/C=C/c1ccc(N)cc1Cl. The van der Waals surface area contributed by atoms with Crippen LogP contribution >= 0.6 is 11.6 Å². The zero-order chi connectivity index (χ0) is 11.3. The molecule has 0 aromatic heterocycles. The van der Waals surface area contributed by atoms with Gasteiger partial charge in [0.1, 0.15) is 0 Å². The van der Waals surface area contributed by atoms with Gasteiger partial charge in [-0.3, -0.25) is 0 Å². The van der Waals surface area contributed by atoms with Crippen molar-refractivity contribution in [2.75, 3.05) is 12.3 Å². The second kappa shape index (κ2) is 5.41. The molecular formula is C11H12ClNO2. The second-order valence-corrected chi connectivity index (χ2v) is 3.27. The standard InChI is InChI=1S/C11H12ClNO2/c1-2-15-11(14)6-4-8-3-5-9(13)7-10(8)12/h3-7H,2,13H2,1H3/b6-4+. The molecule has 2 N–H and O–H groups in total. The topological polar surface area (TPSA) is 52.3 Å². The summed E-state index contributed by atoms with van der Waals surface area (Å²) in [6.45, 7) is 2.11. The summed E-state index contributed by atoms with van der Waals surface area (Å²) < 4.78 is 4.73. The third kappa shape index (κ3) is 3.64. The monoisotopic (exact) mass is 225 g/mol. The smallest absolute Gasteiger partial charge is 0.330 e. The fraction of sp³-hybridized carbons (Fsp3) is 0.182. The van der Waals surface area contributed by atoms with E-state index in [-0.39, 0.29) is 5.97 Å². The largest absolute Gasteiger partial charge is 0.463 e. The van der Waals surface area contributed by atoms with Crippen molar-refractivity contribution in [3.63, 3.8) is 0 Å². The maximum Gasteiger partial charge on any atom is 0.330 e. The summed E-state index contributed by atoms with van der Waals surface area (Å²) in [6, 6.07) is 5.09. The second-order valence-electron chi connectivity index (χ2n) is 2.87. The van der Waals surface area contributed by atoms with Gasteiger partial charge in [-0.25, -0.2) is 4.79 Å². The first-order valence-electron chi connectivity index (χ1n) is 4.53. The minimum absolute atomic E-state index is 0.360. The van der Waals surface area contributed by atoms with E-state index in [2.05, 4.69) is 0 Å². The third-order valence-corrected chi connectivity index (χ3v) is 2.04. The van der Waals surface area contributed by atoms with E-state index in [9.17, 15) is 4.79 Å². The number of ether oxygens (including phenoxy) is 1. The number of halogens is 1. The van der Waals surface area contributed by atoms with E-state index in [4.69, 9.17) is 22.1 Å². The Hall–Kier alpha value is -1.48. The van der Waals surface area contributed by atoms with Crippen LogP contribution in [0.1, 0.15) is 12.5 Å². The zero-order valence-electron chi connectivity index (χ0n) is 8.37. The minimum Gasteiger partial charge on any atom is -0.463 e. The number of esters is 1. The van der Waals surface area contributed by atoms with Crippen LogP contribution in [-0.4, -0.2) is 12.6 Å². The molecule has 0 atom stereocenters. The fourth-order valence-electron chi connectivity index (χ4n) is 1.03. The number of hydrogen-bond donors (Lipinski definition) is 1. The van der Waals surface area contributed by atoms with Crippen LogP contribution in [0.4, 0.5) is 5.69 Å². The van der Waals surface area contributed by atoms with Crippen LogP contribution in [0.2, 0.25) is 5.02 Å². The molecule has 1 aromatic carbocycles. The van der Waals surface area contributed by atoms with Crippen molar-refractivity contribution in [1.29, 1.82) is 0 Å². The molecule has 0 fully saturated rings. The third-order valence-electron chi connectivity index (χ3n) is 1.71. The average Bonchev–Trinajstić information content (AvgIpc) is 2.17. The summed E-state index contributed by atoms with van der Waals surface area (Å²) in [4.78, 5) is 11.0. The molecule has 80 valence electrons. The molecule has 0 amide bonds. The van der Waals surface area contributed by atoms with Gasteiger partial charge in [-0.1, -0.05) is 17.7 Å². The minimum atomic E-state index is -0.384. The summed E-state index contributed by atoms with van der Waals surface area (Å²) in [5.41, 5.74) is 6.86. The van der Waals surface area contributed by atoms with Gasteiger partial charge in [-0.2, -0.15) is 0 Å². The molecule has 3 nitrogen and oxygen atoms in total. The number of carbonyl (C=O) groups is 1. The highest BCUT2D eigenvalue weighted by Gasteiger charge is 1.98. The number of benzene rings is 1. The Labute approximate surface area is 93.5 Å². The highest BCUT2D eigenvalue weighted by atomic mass is 35.5. The van der Waals surface area contributed by atoms with Crippen molar-refractivity contribution in [1.82, 2.24) is 0 Å². The highest BCUT2D eigenvalue weighted by Crippen LogP contribution is 2.20. The first-order valence-corrected chi connectivity index (χ1v) is 4.91. The van der Waals surface area contributed by atoms with Crippen LogP contribution in [0.5, 0.6) is 0 Å². The molecule has 0 heterocycles. The maximum atomic E-state index is 11.0. The fourth-order valence-corrected chi connectivity index (χ4v) is 1.28. The highest BCUT2D eigenvalue weighted by molar-refractivity contribution is 6.32. The molecule has 0 aliphatic heterocycles. The molecule has 0 unspecified atom stereocenters. The van der Waals surface area contributed by atoms with E-state index in [1.165, 1.54) is 6.08 Å². The first kappa shape index (κ1) is 11.6. The molecule has 0 spiro atoms. The maximum absolute atomic E-state index is 11.0. The van der Waals surface area contributed by atoms with Gasteiger partial charge in [0.25, 0.3) is 0 Å². The molecule has 15 heavy (non-hydrogen) atoms. The number of rotatable bonds is 3. The van der Waals surface area contributed by atoms with Crippen LogP contribution in [-0.2, 0) is 9.53 Å². The van der Waals surface area contributed by atoms with E-state index >= 15 is 0 Å². The van der Waals surface area contributed by atoms with Crippen LogP contribution in [0.25, 0.3) is 6.08 Å². The van der Waals surface area contributed by atoms with Crippen LogP contribution in [0, 0.1) is 0 Å². The Bertz CT molecular complexity index is 388. The Morgan fingerprint density at radius 3 is 2.93 bits per heavy atom. The average molecular weight is 226 g/mol. The molecule has 1 rings (SSSR count). The van der Waals surface area contributed by atoms with Gasteiger partial charge < -0.3 is 10.5 Å². The zero-order valence-corrected chi connectivity index (χ0v) is 9.12. The summed E-state index contributed by atoms with van der Waals surface area (Å²) in [5.74, 6) is -0.384. The van der Waals surface area contributed by atoms with Gasteiger partial charge in [0.05, 0.1) is 6.61 Å². The normalized spacial score (nSPS) is 10.5. The first-order chi connectivity index (χ1) is 7.13. The van der Waals surface area contributed by atoms with Crippen molar-refractivity contribution in [3.8, 4) is 0 Å². The molecule has 0 bridgehead atoms. The van der Waals surface area contributed by atoms with Gasteiger partial charge in [0.2, 0.25) is 0 Å². The lowest BCUT2D eigenvalue weighted by molar-refractivity contribution is -0.137. The molecule has 0 aliphatic carbocycles. The number of carbonyl (C=O) groups excluding carboxylic acids is 1. The Balaban J connectivity index is 2.76. The molecule has 4 heteroatoms. The number of anilines is 1. The lowest BCUT2D eigenvalue weighted by Gasteiger charge is -1.99. The Morgan fingerprint density at radius 2 is 2.33 bits per heavy atom. The lowest BCUT2D eigenvalue weighted by Crippen LogP contribution is -1.98. The molecule has 0 saturated heterocycles. The number of nitrogens with two attached hydrogens (primary N) is 1. The van der Waals surface area contributed by atoms with Crippen molar-refractivity contribution in [2.45, 2.75) is 6.92 Å². The summed E-state index contributed by atoms with van der Waals surface area (Å²) in [6.07, 6.45) is 2.93. The van der Waals surface area contributed by atoms with Crippen LogP contribution < -0.4 is 5.73 Å². The van der Waals surface area contributed by atoms with Crippen molar-refractivity contribution in [3.05, 3.63) is 34.9 Å². The van der Waals surface area contributed by atoms with Gasteiger partial charge in [0.15, 0.2) is 0 Å². The molecular weight excluding hydrogens is 214 g/mol. The molecule has 0 radical (unpaired) electrons. The summed E-state index contributed by atoms with van der Waals surface area (Å²) in [5, 5.41) is 0.510. The predicted octanol–water partition coefficient (Wildman–Crippen LogP) is 2.50. The quantitative estimate of drug-likeness (QED) is 0.489. The van der Waals surface area contributed by atoms with Gasteiger partial charge >= 0.3 is 5.97 Å². The van der Waals surface area contributed by atoms with Gasteiger partial charge in [-0.15, -0.1) is 0 Å². The summed E-state index contributed by atoms with van der Waals surface area (Å²) in [7, 11) is 0. The lowest BCUT2D eigenvalue weighted by atomic mass is 10.2. The van der Waals surface area contributed by atoms with E-state index < -0.39 is 0 Å². The molecule has 0 saturated carbocycles. The summed E-state index contributed by atoms with van der Waals surface area (Å²) >= 11 is 5.91. The van der Waals surface area contributed by atoms with E-state index in [1.807, 2.05) is 0 Å². The van der Waals surface area contributed by atoms with E-state index in [0.717, 1.165) is 5.56 Å². The number of nitrogen functional groups attached to an aromatic ring is 1. The van der Waals surface area contributed by atoms with Gasteiger partial charge in [0, 0.05) is 16.8 Å². The van der Waals surface area contributed by atoms with E-state index in [0.29, 0.717) is 17.3 Å². The van der Waals surface area contributed by atoms with Crippen LogP contribution in [0.3, 0.4) is 0 Å². The Kier molecular flexibility index (Phi) is 4.18. The molecule has 1 aromatic rings. The van der Waals surface area contributed by atoms with E-state index in [1.54, 1.807) is 31.2 Å². The van der Waals surface area contributed by atoms with Crippen molar-refractivity contribution >= 4 is 29.3 Å². The van der Waals surface area contributed by atoms with Crippen molar-refractivity contribution in [2.24, 2.45) is 0 Å².